The Kier molecular flexibility index (Phi) is 4.71. The van der Waals surface area contributed by atoms with E-state index in [1.807, 2.05) is 54.8 Å². The smallest absolute Gasteiger partial charge is 0.274 e. The van der Waals surface area contributed by atoms with Crippen LogP contribution in [0.2, 0.25) is 0 Å². The lowest BCUT2D eigenvalue weighted by molar-refractivity contribution is 0.102. The van der Waals surface area contributed by atoms with E-state index in [9.17, 15) is 4.79 Å². The number of imidazole rings is 1. The van der Waals surface area contributed by atoms with Gasteiger partial charge in [0.25, 0.3) is 5.91 Å². The van der Waals surface area contributed by atoms with Crippen LogP contribution in [-0.4, -0.2) is 15.3 Å². The summed E-state index contributed by atoms with van der Waals surface area (Å²) >= 11 is 3.47. The Labute approximate surface area is 150 Å². The second-order valence-electron chi connectivity index (χ2n) is 5.95. The van der Waals surface area contributed by atoms with Crippen molar-refractivity contribution >= 4 is 33.2 Å². The van der Waals surface area contributed by atoms with Gasteiger partial charge in [0.15, 0.2) is 0 Å². The minimum atomic E-state index is -0.124. The molecule has 0 fully saturated rings. The number of rotatable bonds is 4. The van der Waals surface area contributed by atoms with E-state index in [4.69, 9.17) is 0 Å². The molecule has 1 N–H and O–H groups in total. The lowest BCUT2D eigenvalue weighted by Crippen LogP contribution is -2.17. The molecular formula is C19H20BrN3O. The van der Waals surface area contributed by atoms with Crippen molar-refractivity contribution < 1.29 is 4.79 Å². The molecule has 0 spiro atoms. The number of benzene rings is 1. The number of carbonyl (C=O) groups excluding carboxylic acids is 1. The molecule has 0 unspecified atom stereocenters. The standard InChI is InChI=1S/C19H20BrN3O/c1-4-6-15-18(23-11-14(20)9-10-16(23)21-15)19(24)22-17-12(2)7-5-8-13(17)3/h5,7-11H,4,6H2,1-3H3,(H,22,24). The van der Waals surface area contributed by atoms with E-state index in [1.54, 1.807) is 0 Å². The maximum atomic E-state index is 13.0. The van der Waals surface area contributed by atoms with Gasteiger partial charge < -0.3 is 5.32 Å². The zero-order valence-electron chi connectivity index (χ0n) is 14.1. The number of halogens is 1. The number of aryl methyl sites for hydroxylation is 3. The van der Waals surface area contributed by atoms with Crippen LogP contribution in [0.5, 0.6) is 0 Å². The monoisotopic (exact) mass is 385 g/mol. The molecule has 0 aliphatic rings. The quantitative estimate of drug-likeness (QED) is 0.692. The van der Waals surface area contributed by atoms with Crippen LogP contribution < -0.4 is 5.32 Å². The van der Waals surface area contributed by atoms with Gasteiger partial charge in [-0.3, -0.25) is 9.20 Å². The normalized spacial score (nSPS) is 11.0. The minimum Gasteiger partial charge on any atom is -0.320 e. The van der Waals surface area contributed by atoms with Gasteiger partial charge in [-0.1, -0.05) is 31.5 Å². The first-order valence-electron chi connectivity index (χ1n) is 8.05. The van der Waals surface area contributed by atoms with Crippen molar-refractivity contribution in [1.82, 2.24) is 9.38 Å². The van der Waals surface area contributed by atoms with Gasteiger partial charge >= 0.3 is 0 Å². The number of hydrogen-bond acceptors (Lipinski definition) is 2. The molecule has 0 atom stereocenters. The largest absolute Gasteiger partial charge is 0.320 e. The summed E-state index contributed by atoms with van der Waals surface area (Å²) in [6.07, 6.45) is 3.60. The first kappa shape index (κ1) is 16.7. The maximum Gasteiger partial charge on any atom is 0.274 e. The molecule has 2 heterocycles. The van der Waals surface area contributed by atoms with Crippen molar-refractivity contribution in [3.8, 4) is 0 Å². The summed E-state index contributed by atoms with van der Waals surface area (Å²) in [5.74, 6) is -0.124. The Balaban J connectivity index is 2.08. The summed E-state index contributed by atoms with van der Waals surface area (Å²) in [6, 6.07) is 9.85. The molecule has 0 aliphatic heterocycles. The third-order valence-corrected chi connectivity index (χ3v) is 4.55. The minimum absolute atomic E-state index is 0.124. The number of fused-ring (bicyclic) bond motifs is 1. The van der Waals surface area contributed by atoms with E-state index < -0.39 is 0 Å². The van der Waals surface area contributed by atoms with Crippen LogP contribution in [0.25, 0.3) is 5.65 Å². The van der Waals surface area contributed by atoms with Gasteiger partial charge in [-0.2, -0.15) is 0 Å². The third-order valence-electron chi connectivity index (χ3n) is 4.08. The Bertz CT molecular complexity index is 894. The number of hydrogen-bond donors (Lipinski definition) is 1. The molecular weight excluding hydrogens is 366 g/mol. The van der Waals surface area contributed by atoms with E-state index >= 15 is 0 Å². The molecule has 4 nitrogen and oxygen atoms in total. The first-order valence-corrected chi connectivity index (χ1v) is 8.84. The van der Waals surface area contributed by atoms with Crippen LogP contribution in [0.4, 0.5) is 5.69 Å². The van der Waals surface area contributed by atoms with Crippen molar-refractivity contribution in [1.29, 1.82) is 0 Å². The molecule has 124 valence electrons. The fraction of sp³-hybridized carbons (Fsp3) is 0.263. The van der Waals surface area contributed by atoms with Crippen LogP contribution in [0.3, 0.4) is 0 Å². The summed E-state index contributed by atoms with van der Waals surface area (Å²) in [6.45, 7) is 6.09. The Hall–Kier alpha value is -2.14. The lowest BCUT2D eigenvalue weighted by atomic mass is 10.1. The topological polar surface area (TPSA) is 46.4 Å². The number of nitrogens with zero attached hydrogens (tertiary/aromatic N) is 2. The molecule has 3 aromatic rings. The molecule has 2 aromatic heterocycles. The summed E-state index contributed by atoms with van der Waals surface area (Å²) in [5, 5.41) is 3.08. The van der Waals surface area contributed by atoms with E-state index in [0.29, 0.717) is 5.69 Å². The van der Waals surface area contributed by atoms with Crippen molar-refractivity contribution in [2.75, 3.05) is 5.32 Å². The molecule has 0 saturated heterocycles. The Morgan fingerprint density at radius 2 is 1.92 bits per heavy atom. The van der Waals surface area contributed by atoms with E-state index in [1.165, 1.54) is 0 Å². The van der Waals surface area contributed by atoms with Crippen molar-refractivity contribution in [3.05, 3.63) is 63.5 Å². The molecule has 24 heavy (non-hydrogen) atoms. The summed E-state index contributed by atoms with van der Waals surface area (Å²) in [4.78, 5) is 17.6. The molecule has 0 radical (unpaired) electrons. The number of amides is 1. The van der Waals surface area contributed by atoms with Gasteiger partial charge in [-0.25, -0.2) is 4.98 Å². The maximum absolute atomic E-state index is 13.0. The highest BCUT2D eigenvalue weighted by molar-refractivity contribution is 9.10. The van der Waals surface area contributed by atoms with E-state index in [0.717, 1.165) is 45.5 Å². The highest BCUT2D eigenvalue weighted by Gasteiger charge is 2.20. The fourth-order valence-corrected chi connectivity index (χ4v) is 3.24. The van der Waals surface area contributed by atoms with Gasteiger partial charge in [0.1, 0.15) is 11.3 Å². The van der Waals surface area contributed by atoms with Gasteiger partial charge in [0.2, 0.25) is 0 Å². The Morgan fingerprint density at radius 3 is 2.58 bits per heavy atom. The number of para-hydroxylation sites is 1. The molecule has 0 saturated carbocycles. The molecule has 0 aliphatic carbocycles. The predicted octanol–water partition coefficient (Wildman–Crippen LogP) is 4.92. The van der Waals surface area contributed by atoms with Crippen LogP contribution >= 0.6 is 15.9 Å². The van der Waals surface area contributed by atoms with Gasteiger partial charge in [0, 0.05) is 16.4 Å². The number of pyridine rings is 1. The van der Waals surface area contributed by atoms with Crippen molar-refractivity contribution in [2.45, 2.75) is 33.6 Å². The fourth-order valence-electron chi connectivity index (χ4n) is 2.90. The van der Waals surface area contributed by atoms with E-state index in [-0.39, 0.29) is 5.91 Å². The predicted molar refractivity (Wildman–Crippen MR) is 101 cm³/mol. The number of aromatic nitrogens is 2. The van der Waals surface area contributed by atoms with Crippen LogP contribution in [0.15, 0.2) is 41.0 Å². The summed E-state index contributed by atoms with van der Waals surface area (Å²) in [7, 11) is 0. The molecule has 0 bridgehead atoms. The second-order valence-corrected chi connectivity index (χ2v) is 6.87. The highest BCUT2D eigenvalue weighted by atomic mass is 79.9. The van der Waals surface area contributed by atoms with Gasteiger partial charge in [0.05, 0.1) is 5.69 Å². The summed E-state index contributed by atoms with van der Waals surface area (Å²) < 4.78 is 2.77. The average molecular weight is 386 g/mol. The number of anilines is 1. The van der Waals surface area contributed by atoms with E-state index in [2.05, 4.69) is 33.2 Å². The molecule has 1 amide bonds. The second kappa shape index (κ2) is 6.77. The van der Waals surface area contributed by atoms with Crippen molar-refractivity contribution in [2.24, 2.45) is 0 Å². The lowest BCUT2D eigenvalue weighted by Gasteiger charge is -2.12. The van der Waals surface area contributed by atoms with Crippen LogP contribution in [-0.2, 0) is 6.42 Å². The molecule has 3 rings (SSSR count). The van der Waals surface area contributed by atoms with Crippen LogP contribution in [0.1, 0.15) is 40.7 Å². The van der Waals surface area contributed by atoms with Crippen molar-refractivity contribution in [3.63, 3.8) is 0 Å². The molecule has 1 aromatic carbocycles. The zero-order valence-corrected chi connectivity index (χ0v) is 15.6. The third kappa shape index (κ3) is 3.08. The number of nitrogens with one attached hydrogen (secondary N) is 1. The number of carbonyl (C=O) groups is 1. The highest BCUT2D eigenvalue weighted by Crippen LogP contribution is 2.23. The molecule has 5 heteroatoms. The first-order chi connectivity index (χ1) is 11.5. The van der Waals surface area contributed by atoms with Crippen LogP contribution in [0, 0.1) is 13.8 Å². The summed E-state index contributed by atoms with van der Waals surface area (Å²) in [5.41, 5.74) is 5.20. The SMILES string of the molecule is CCCc1nc2ccc(Br)cn2c1C(=O)Nc1c(C)cccc1C. The average Bonchev–Trinajstić information content (AvgIpc) is 2.88. The van der Waals surface area contributed by atoms with Gasteiger partial charge in [-0.05, 0) is 59.5 Å². The van der Waals surface area contributed by atoms with Gasteiger partial charge in [-0.15, -0.1) is 0 Å². The zero-order chi connectivity index (χ0) is 17.3. The Morgan fingerprint density at radius 1 is 1.21 bits per heavy atom.